The molecule has 0 radical (unpaired) electrons. The molecule has 0 saturated carbocycles. The molecule has 1 fully saturated rings. The minimum Gasteiger partial charge on any atom is -0.483 e. The number of hydrogen-bond donors (Lipinski definition) is 1. The van der Waals surface area contributed by atoms with Crippen molar-refractivity contribution >= 4 is 28.3 Å². The van der Waals surface area contributed by atoms with Gasteiger partial charge in [0, 0.05) is 41.5 Å². The Bertz CT molecular complexity index is 1200. The van der Waals surface area contributed by atoms with Crippen molar-refractivity contribution in [1.82, 2.24) is 0 Å². The molecule has 2 heterocycles. The molecular weight excluding hydrogens is 420 g/mol. The number of benzene rings is 2. The van der Waals surface area contributed by atoms with Crippen molar-refractivity contribution in [1.29, 1.82) is 0 Å². The number of carbonyl (C=O) groups is 1. The second-order valence-electron chi connectivity index (χ2n) is 8.18. The highest BCUT2D eigenvalue weighted by molar-refractivity contribution is 5.92. The average Bonchev–Trinajstić information content (AvgIpc) is 2.82. The third kappa shape index (κ3) is 5.81. The molecule has 1 aliphatic rings. The summed E-state index contributed by atoms with van der Waals surface area (Å²) in [5.74, 6) is 0.254. The van der Waals surface area contributed by atoms with E-state index in [4.69, 9.17) is 13.9 Å². The third-order valence-corrected chi connectivity index (χ3v) is 5.45. The van der Waals surface area contributed by atoms with Crippen LogP contribution in [0.5, 0.6) is 5.75 Å². The molecule has 0 atom stereocenters. The molecule has 0 aliphatic carbocycles. The van der Waals surface area contributed by atoms with Gasteiger partial charge in [-0.25, -0.2) is 4.79 Å². The van der Waals surface area contributed by atoms with Crippen molar-refractivity contribution in [3.8, 4) is 5.75 Å². The monoisotopic (exact) mass is 448 g/mol. The zero-order valence-corrected chi connectivity index (χ0v) is 18.9. The van der Waals surface area contributed by atoms with Crippen LogP contribution in [0, 0.1) is 0 Å². The van der Waals surface area contributed by atoms with E-state index in [1.165, 1.54) is 6.07 Å². The lowest BCUT2D eigenvalue weighted by molar-refractivity contribution is -0.118. The summed E-state index contributed by atoms with van der Waals surface area (Å²) in [7, 11) is 0. The molecule has 1 aromatic heterocycles. The fraction of sp³-hybridized carbons (Fsp3) is 0.308. The van der Waals surface area contributed by atoms with Gasteiger partial charge >= 0.3 is 5.63 Å². The van der Waals surface area contributed by atoms with Crippen LogP contribution in [0.1, 0.15) is 19.4 Å². The van der Waals surface area contributed by atoms with E-state index in [9.17, 15) is 9.59 Å². The molecular formula is C26H28N2O5. The molecule has 0 bridgehead atoms. The largest absolute Gasteiger partial charge is 0.483 e. The van der Waals surface area contributed by atoms with Gasteiger partial charge in [0.25, 0.3) is 5.91 Å². The number of morpholine rings is 1. The van der Waals surface area contributed by atoms with Crippen LogP contribution < -0.4 is 20.6 Å². The summed E-state index contributed by atoms with van der Waals surface area (Å²) in [4.78, 5) is 26.6. The minimum atomic E-state index is -0.420. The second-order valence-corrected chi connectivity index (χ2v) is 8.18. The van der Waals surface area contributed by atoms with Crippen molar-refractivity contribution in [2.45, 2.75) is 20.3 Å². The first-order valence-electron chi connectivity index (χ1n) is 11.0. The standard InChI is InChI=1S/C26H28N2O5/c1-18(2)3-10-22-23(11-4-19-5-12-25(30)33-26(19)22)32-17-24(29)27-20-6-8-21(9-7-20)28-13-15-31-16-14-28/h3-9,11-12H,10,13-17H2,1-2H3,(H,27,29). The average molecular weight is 449 g/mol. The lowest BCUT2D eigenvalue weighted by Gasteiger charge is -2.28. The number of rotatable bonds is 7. The van der Waals surface area contributed by atoms with Crippen LogP contribution >= 0.6 is 0 Å². The summed E-state index contributed by atoms with van der Waals surface area (Å²) in [6, 6.07) is 14.5. The first-order valence-corrected chi connectivity index (χ1v) is 11.0. The maximum absolute atomic E-state index is 12.5. The summed E-state index contributed by atoms with van der Waals surface area (Å²) in [6.45, 7) is 7.02. The van der Waals surface area contributed by atoms with Crippen LogP contribution in [0.15, 0.2) is 69.4 Å². The molecule has 7 heteroatoms. The van der Waals surface area contributed by atoms with Crippen LogP contribution in [0.25, 0.3) is 11.0 Å². The number of ether oxygens (including phenoxy) is 2. The zero-order valence-electron chi connectivity index (χ0n) is 18.9. The third-order valence-electron chi connectivity index (χ3n) is 5.45. The van der Waals surface area contributed by atoms with Crippen LogP contribution in [-0.2, 0) is 16.0 Å². The van der Waals surface area contributed by atoms with Crippen molar-refractivity contribution in [2.24, 2.45) is 0 Å². The van der Waals surface area contributed by atoms with Crippen molar-refractivity contribution < 1.29 is 18.7 Å². The Labute approximate surface area is 192 Å². The molecule has 1 N–H and O–H groups in total. The first-order chi connectivity index (χ1) is 16.0. The minimum absolute atomic E-state index is 0.157. The van der Waals surface area contributed by atoms with Crippen LogP contribution in [0.3, 0.4) is 0 Å². The Morgan fingerprint density at radius 3 is 2.52 bits per heavy atom. The molecule has 33 heavy (non-hydrogen) atoms. The smallest absolute Gasteiger partial charge is 0.336 e. The Hall–Kier alpha value is -3.58. The summed E-state index contributed by atoms with van der Waals surface area (Å²) in [5.41, 5.74) is 3.75. The second kappa shape index (κ2) is 10.4. The van der Waals surface area contributed by atoms with Gasteiger partial charge in [0.2, 0.25) is 0 Å². The Kier molecular flexibility index (Phi) is 7.10. The van der Waals surface area contributed by atoms with E-state index < -0.39 is 5.63 Å². The predicted molar refractivity (Wildman–Crippen MR) is 129 cm³/mol. The Morgan fingerprint density at radius 2 is 1.79 bits per heavy atom. The number of anilines is 2. The lowest BCUT2D eigenvalue weighted by Crippen LogP contribution is -2.36. The van der Waals surface area contributed by atoms with Crippen molar-refractivity contribution in [3.63, 3.8) is 0 Å². The summed E-state index contributed by atoms with van der Waals surface area (Å²) < 4.78 is 16.7. The predicted octanol–water partition coefficient (Wildman–Crippen LogP) is 4.16. The van der Waals surface area contributed by atoms with Crippen LogP contribution in [0.4, 0.5) is 11.4 Å². The topological polar surface area (TPSA) is 81.0 Å². The fourth-order valence-electron chi connectivity index (χ4n) is 3.72. The SMILES string of the molecule is CC(C)=CCc1c(OCC(=O)Nc2ccc(N3CCOCC3)cc2)ccc2ccc(=O)oc12. The first kappa shape index (κ1) is 22.6. The highest BCUT2D eigenvalue weighted by Crippen LogP contribution is 2.28. The maximum Gasteiger partial charge on any atom is 0.336 e. The zero-order chi connectivity index (χ0) is 23.2. The highest BCUT2D eigenvalue weighted by atomic mass is 16.5. The summed E-state index contributed by atoms with van der Waals surface area (Å²) in [5, 5.41) is 3.67. The van der Waals surface area contributed by atoms with E-state index in [0.29, 0.717) is 23.4 Å². The fourth-order valence-corrected chi connectivity index (χ4v) is 3.72. The molecule has 0 spiro atoms. The normalized spacial score (nSPS) is 13.6. The van der Waals surface area contributed by atoms with Gasteiger partial charge in [-0.1, -0.05) is 11.6 Å². The molecule has 1 amide bonds. The Morgan fingerprint density at radius 1 is 1.06 bits per heavy atom. The number of allylic oxidation sites excluding steroid dienone is 2. The van der Waals surface area contributed by atoms with E-state index in [1.54, 1.807) is 12.1 Å². The lowest BCUT2D eigenvalue weighted by atomic mass is 10.1. The van der Waals surface area contributed by atoms with Gasteiger partial charge in [0.1, 0.15) is 11.3 Å². The van der Waals surface area contributed by atoms with Gasteiger partial charge in [-0.3, -0.25) is 4.79 Å². The van der Waals surface area contributed by atoms with Gasteiger partial charge in [0.15, 0.2) is 6.61 Å². The van der Waals surface area contributed by atoms with Gasteiger partial charge < -0.3 is 24.1 Å². The molecule has 2 aromatic carbocycles. The van der Waals surface area contributed by atoms with E-state index in [0.717, 1.165) is 48.5 Å². The van der Waals surface area contributed by atoms with E-state index >= 15 is 0 Å². The number of fused-ring (bicyclic) bond motifs is 1. The van der Waals surface area contributed by atoms with Gasteiger partial charge in [-0.15, -0.1) is 0 Å². The molecule has 4 rings (SSSR count). The molecule has 1 aliphatic heterocycles. The molecule has 7 nitrogen and oxygen atoms in total. The molecule has 172 valence electrons. The maximum atomic E-state index is 12.5. The summed E-state index contributed by atoms with van der Waals surface area (Å²) >= 11 is 0. The summed E-state index contributed by atoms with van der Waals surface area (Å²) in [6.07, 6.45) is 2.57. The van der Waals surface area contributed by atoms with Crippen LogP contribution in [0.2, 0.25) is 0 Å². The molecule has 1 saturated heterocycles. The number of nitrogens with one attached hydrogen (secondary N) is 1. The van der Waals surface area contributed by atoms with Gasteiger partial charge in [-0.05, 0) is 62.7 Å². The van der Waals surface area contributed by atoms with Crippen molar-refractivity contribution in [3.05, 3.63) is 76.2 Å². The Balaban J connectivity index is 1.44. The van der Waals surface area contributed by atoms with Gasteiger partial charge in [-0.2, -0.15) is 0 Å². The van der Waals surface area contributed by atoms with E-state index in [2.05, 4.69) is 10.2 Å². The number of carbonyl (C=O) groups excluding carboxylic acids is 1. The molecule has 0 unspecified atom stereocenters. The number of hydrogen-bond acceptors (Lipinski definition) is 6. The van der Waals surface area contributed by atoms with E-state index in [-0.39, 0.29) is 12.5 Å². The molecule has 3 aromatic rings. The number of amides is 1. The highest BCUT2D eigenvalue weighted by Gasteiger charge is 2.14. The van der Waals surface area contributed by atoms with Crippen molar-refractivity contribution in [2.75, 3.05) is 43.1 Å². The quantitative estimate of drug-likeness (QED) is 0.432. The van der Waals surface area contributed by atoms with Gasteiger partial charge in [0.05, 0.1) is 13.2 Å². The number of nitrogens with zero attached hydrogens (tertiary/aromatic N) is 1. The van der Waals surface area contributed by atoms with E-state index in [1.807, 2.05) is 50.3 Å². The van der Waals surface area contributed by atoms with Crippen LogP contribution in [-0.4, -0.2) is 38.8 Å².